The number of benzene rings is 1. The number of anilines is 1. The van der Waals surface area contributed by atoms with Crippen LogP contribution in [0.1, 0.15) is 21.9 Å². The van der Waals surface area contributed by atoms with Crippen LogP contribution in [0.4, 0.5) is 5.69 Å². The third kappa shape index (κ3) is 2.87. The molecule has 2 aromatic rings. The van der Waals surface area contributed by atoms with Gasteiger partial charge in [-0.05, 0) is 36.8 Å². The molecule has 2 rings (SSSR count). The first-order chi connectivity index (χ1) is 8.56. The maximum Gasteiger partial charge on any atom is 0.371 e. The van der Waals surface area contributed by atoms with E-state index < -0.39 is 5.97 Å². The van der Waals surface area contributed by atoms with E-state index in [1.165, 1.54) is 17.8 Å². The lowest BCUT2D eigenvalue weighted by molar-refractivity contribution is 0.0661. The summed E-state index contributed by atoms with van der Waals surface area (Å²) >= 11 is 1.52. The average molecular weight is 263 g/mol. The lowest BCUT2D eigenvalue weighted by Crippen LogP contribution is -1.92. The van der Waals surface area contributed by atoms with Crippen molar-refractivity contribution >= 4 is 23.4 Å². The van der Waals surface area contributed by atoms with E-state index >= 15 is 0 Å². The van der Waals surface area contributed by atoms with Gasteiger partial charge in [0.2, 0.25) is 5.76 Å². The Morgan fingerprint density at radius 1 is 1.39 bits per heavy atom. The van der Waals surface area contributed by atoms with Crippen molar-refractivity contribution in [3.05, 3.63) is 47.4 Å². The molecule has 0 saturated heterocycles. The number of aromatic carboxylic acids is 1. The monoisotopic (exact) mass is 263 g/mol. The Balaban J connectivity index is 2.04. The van der Waals surface area contributed by atoms with Gasteiger partial charge in [-0.3, -0.25) is 0 Å². The molecule has 0 aliphatic carbocycles. The largest absolute Gasteiger partial charge is 0.475 e. The van der Waals surface area contributed by atoms with Gasteiger partial charge in [-0.25, -0.2) is 4.79 Å². The minimum Gasteiger partial charge on any atom is -0.475 e. The SMILES string of the molecule is Cc1ccc(SCc2ccc(C(=O)O)o2)c(N)c1. The third-order valence-electron chi connectivity index (χ3n) is 2.41. The van der Waals surface area contributed by atoms with Gasteiger partial charge in [0.05, 0.1) is 5.75 Å². The van der Waals surface area contributed by atoms with Crippen LogP contribution in [0.5, 0.6) is 0 Å². The average Bonchev–Trinajstić information content (AvgIpc) is 2.76. The van der Waals surface area contributed by atoms with Gasteiger partial charge < -0.3 is 15.3 Å². The molecule has 18 heavy (non-hydrogen) atoms. The van der Waals surface area contributed by atoms with E-state index in [9.17, 15) is 4.79 Å². The van der Waals surface area contributed by atoms with Crippen LogP contribution >= 0.6 is 11.8 Å². The lowest BCUT2D eigenvalue weighted by atomic mass is 10.2. The fraction of sp³-hybridized carbons (Fsp3) is 0.154. The van der Waals surface area contributed by atoms with E-state index in [1.54, 1.807) is 6.07 Å². The summed E-state index contributed by atoms with van der Waals surface area (Å²) < 4.78 is 5.17. The van der Waals surface area contributed by atoms with Gasteiger partial charge in [0.1, 0.15) is 5.76 Å². The molecule has 0 atom stereocenters. The van der Waals surface area contributed by atoms with Crippen LogP contribution in [0.25, 0.3) is 0 Å². The highest BCUT2D eigenvalue weighted by Gasteiger charge is 2.09. The molecule has 4 nitrogen and oxygen atoms in total. The number of hydrogen-bond donors (Lipinski definition) is 2. The van der Waals surface area contributed by atoms with Crippen molar-refractivity contribution in [3.8, 4) is 0 Å². The van der Waals surface area contributed by atoms with Gasteiger partial charge in [-0.2, -0.15) is 0 Å². The van der Waals surface area contributed by atoms with E-state index in [-0.39, 0.29) is 5.76 Å². The molecule has 1 heterocycles. The minimum absolute atomic E-state index is 0.0394. The fourth-order valence-electron chi connectivity index (χ4n) is 1.52. The first-order valence-corrected chi connectivity index (χ1v) is 6.36. The summed E-state index contributed by atoms with van der Waals surface area (Å²) in [6.07, 6.45) is 0. The number of rotatable bonds is 4. The molecular formula is C13H13NO3S. The first-order valence-electron chi connectivity index (χ1n) is 5.37. The van der Waals surface area contributed by atoms with E-state index in [2.05, 4.69) is 0 Å². The zero-order valence-corrected chi connectivity index (χ0v) is 10.7. The fourth-order valence-corrected chi connectivity index (χ4v) is 2.36. The second-order valence-electron chi connectivity index (χ2n) is 3.90. The van der Waals surface area contributed by atoms with Crippen LogP contribution in [0, 0.1) is 6.92 Å². The van der Waals surface area contributed by atoms with Crippen LogP contribution in [0.15, 0.2) is 39.6 Å². The van der Waals surface area contributed by atoms with Crippen molar-refractivity contribution in [3.63, 3.8) is 0 Å². The van der Waals surface area contributed by atoms with Crippen molar-refractivity contribution in [1.29, 1.82) is 0 Å². The summed E-state index contributed by atoms with van der Waals surface area (Å²) in [5.74, 6) is 0.0848. The molecule has 0 saturated carbocycles. The summed E-state index contributed by atoms with van der Waals surface area (Å²) in [6.45, 7) is 1.98. The molecule has 0 aliphatic heterocycles. The molecule has 3 N–H and O–H groups in total. The maximum absolute atomic E-state index is 10.7. The topological polar surface area (TPSA) is 76.5 Å². The number of nitrogens with two attached hydrogens (primary N) is 1. The second kappa shape index (κ2) is 5.18. The van der Waals surface area contributed by atoms with E-state index in [0.717, 1.165) is 16.1 Å². The second-order valence-corrected chi connectivity index (χ2v) is 4.92. The predicted molar refractivity (Wildman–Crippen MR) is 70.8 cm³/mol. The smallest absolute Gasteiger partial charge is 0.371 e. The van der Waals surface area contributed by atoms with Crippen LogP contribution in [0.2, 0.25) is 0 Å². The van der Waals surface area contributed by atoms with Gasteiger partial charge in [-0.1, -0.05) is 6.07 Å². The van der Waals surface area contributed by atoms with Crippen LogP contribution in [-0.2, 0) is 5.75 Å². The molecule has 0 spiro atoms. The molecular weight excluding hydrogens is 250 g/mol. The third-order valence-corrected chi connectivity index (χ3v) is 3.52. The van der Waals surface area contributed by atoms with Gasteiger partial charge in [0, 0.05) is 10.6 Å². The number of hydrogen-bond acceptors (Lipinski definition) is 4. The van der Waals surface area contributed by atoms with E-state index in [4.69, 9.17) is 15.3 Å². The van der Waals surface area contributed by atoms with Crippen molar-refractivity contribution < 1.29 is 14.3 Å². The van der Waals surface area contributed by atoms with Crippen molar-refractivity contribution in [2.75, 3.05) is 5.73 Å². The summed E-state index contributed by atoms with van der Waals surface area (Å²) in [4.78, 5) is 11.6. The van der Waals surface area contributed by atoms with Crippen molar-refractivity contribution in [2.45, 2.75) is 17.6 Å². The molecule has 0 aliphatic rings. The molecule has 94 valence electrons. The molecule has 0 bridgehead atoms. The highest BCUT2D eigenvalue weighted by atomic mass is 32.2. The van der Waals surface area contributed by atoms with Gasteiger partial charge in [0.15, 0.2) is 0 Å². The number of thioether (sulfide) groups is 1. The Bertz CT molecular complexity index is 577. The standard InChI is InChI=1S/C13H13NO3S/c1-8-2-5-12(10(14)6-8)18-7-9-3-4-11(17-9)13(15)16/h2-6H,7,14H2,1H3,(H,15,16). The Hall–Kier alpha value is -1.88. The number of carbonyl (C=O) groups is 1. The molecule has 5 heteroatoms. The minimum atomic E-state index is -1.05. The Morgan fingerprint density at radius 3 is 2.78 bits per heavy atom. The van der Waals surface area contributed by atoms with Crippen LogP contribution in [0.3, 0.4) is 0 Å². The Morgan fingerprint density at radius 2 is 2.17 bits per heavy atom. The maximum atomic E-state index is 10.7. The summed E-state index contributed by atoms with van der Waals surface area (Å²) in [5.41, 5.74) is 7.73. The molecule has 0 unspecified atom stereocenters. The number of nitrogen functional groups attached to an aromatic ring is 1. The van der Waals surface area contributed by atoms with Gasteiger partial charge >= 0.3 is 5.97 Å². The molecule has 0 amide bonds. The van der Waals surface area contributed by atoms with Crippen LogP contribution in [-0.4, -0.2) is 11.1 Å². The van der Waals surface area contributed by atoms with Crippen molar-refractivity contribution in [1.82, 2.24) is 0 Å². The highest BCUT2D eigenvalue weighted by molar-refractivity contribution is 7.98. The zero-order chi connectivity index (χ0) is 13.1. The molecule has 0 radical (unpaired) electrons. The number of furan rings is 1. The summed E-state index contributed by atoms with van der Waals surface area (Å²) in [6, 6.07) is 8.98. The van der Waals surface area contributed by atoms with E-state index in [1.807, 2.05) is 25.1 Å². The number of aryl methyl sites for hydroxylation is 1. The molecule has 1 aromatic heterocycles. The van der Waals surface area contributed by atoms with Crippen LogP contribution < -0.4 is 5.73 Å². The quantitative estimate of drug-likeness (QED) is 0.654. The zero-order valence-electron chi connectivity index (χ0n) is 9.84. The van der Waals surface area contributed by atoms with Gasteiger partial charge in [-0.15, -0.1) is 11.8 Å². The van der Waals surface area contributed by atoms with E-state index in [0.29, 0.717) is 11.5 Å². The summed E-state index contributed by atoms with van der Waals surface area (Å²) in [5, 5.41) is 8.74. The lowest BCUT2D eigenvalue weighted by Gasteiger charge is -2.04. The van der Waals surface area contributed by atoms with Crippen molar-refractivity contribution in [2.24, 2.45) is 0 Å². The summed E-state index contributed by atoms with van der Waals surface area (Å²) in [7, 11) is 0. The first kappa shape index (κ1) is 12.6. The molecule has 1 aromatic carbocycles. The highest BCUT2D eigenvalue weighted by Crippen LogP contribution is 2.29. The normalized spacial score (nSPS) is 10.5. The predicted octanol–water partition coefficient (Wildman–Crippen LogP) is 3.16. The molecule has 0 fully saturated rings. The van der Waals surface area contributed by atoms with Gasteiger partial charge in [0.25, 0.3) is 0 Å². The Labute approximate surface area is 109 Å². The number of carboxylic acids is 1. The Kier molecular flexibility index (Phi) is 3.62. The number of carboxylic acid groups (broad SMARTS) is 1.